The molecular formula is C17H22ClN5O. The molecule has 1 atom stereocenters. The van der Waals surface area contributed by atoms with Crippen LogP contribution in [0.5, 0.6) is 0 Å². The number of nitrogens with zero attached hydrogens (tertiary/aromatic N) is 4. The third kappa shape index (κ3) is 3.70. The van der Waals surface area contributed by atoms with Crippen molar-refractivity contribution in [2.45, 2.75) is 26.3 Å². The first-order valence-corrected chi connectivity index (χ1v) is 8.55. The molecular weight excluding hydrogens is 326 g/mol. The largest absolute Gasteiger partial charge is 0.354 e. The van der Waals surface area contributed by atoms with Gasteiger partial charge in [-0.1, -0.05) is 11.6 Å². The average Bonchev–Trinajstić information content (AvgIpc) is 2.92. The lowest BCUT2D eigenvalue weighted by Gasteiger charge is -2.32. The topological polar surface area (TPSA) is 63.1 Å². The van der Waals surface area contributed by atoms with E-state index in [1.807, 2.05) is 19.2 Å². The van der Waals surface area contributed by atoms with Crippen LogP contribution >= 0.6 is 11.6 Å². The summed E-state index contributed by atoms with van der Waals surface area (Å²) in [6.07, 6.45) is 1.86. The van der Waals surface area contributed by atoms with Crippen LogP contribution in [0.3, 0.4) is 0 Å². The van der Waals surface area contributed by atoms with Crippen molar-refractivity contribution in [1.29, 1.82) is 0 Å². The highest BCUT2D eigenvalue weighted by Gasteiger charge is 2.26. The summed E-state index contributed by atoms with van der Waals surface area (Å²) in [5.41, 5.74) is 2.29. The summed E-state index contributed by atoms with van der Waals surface area (Å²) in [5, 5.41) is 11.4. The first-order valence-electron chi connectivity index (χ1n) is 8.17. The molecule has 1 fully saturated rings. The normalized spacial score (nSPS) is 17.8. The summed E-state index contributed by atoms with van der Waals surface area (Å²) >= 11 is 5.79. The molecule has 0 radical (unpaired) electrons. The summed E-state index contributed by atoms with van der Waals surface area (Å²) in [5.74, 6) is 0.841. The second-order valence-corrected chi connectivity index (χ2v) is 6.63. The molecule has 0 bridgehead atoms. The van der Waals surface area contributed by atoms with E-state index in [1.54, 1.807) is 6.07 Å². The van der Waals surface area contributed by atoms with Crippen LogP contribution in [0.25, 0.3) is 0 Å². The smallest absolute Gasteiger partial charge is 0.225 e. The SMILES string of the molecule is Cc1ccc(CNC(=O)[C@H]2CCCN(c3ccc(Cl)nn3)C2)n1C. The number of piperidine rings is 1. The second kappa shape index (κ2) is 7.21. The van der Waals surface area contributed by atoms with E-state index in [2.05, 4.69) is 38.0 Å². The van der Waals surface area contributed by atoms with Crippen LogP contribution < -0.4 is 10.2 Å². The van der Waals surface area contributed by atoms with Crippen LogP contribution in [-0.2, 0) is 18.4 Å². The third-order valence-corrected chi connectivity index (χ3v) is 4.86. The molecule has 2 aromatic heterocycles. The molecule has 1 N–H and O–H groups in total. The third-order valence-electron chi connectivity index (χ3n) is 4.65. The van der Waals surface area contributed by atoms with Gasteiger partial charge < -0.3 is 14.8 Å². The van der Waals surface area contributed by atoms with Crippen molar-refractivity contribution in [1.82, 2.24) is 20.1 Å². The summed E-state index contributed by atoms with van der Waals surface area (Å²) in [6.45, 7) is 4.16. The zero-order valence-electron chi connectivity index (χ0n) is 14.0. The lowest BCUT2D eigenvalue weighted by molar-refractivity contribution is -0.125. The predicted octanol–water partition coefficient (Wildman–Crippen LogP) is 2.31. The molecule has 0 unspecified atom stereocenters. The van der Waals surface area contributed by atoms with Crippen molar-refractivity contribution in [3.8, 4) is 0 Å². The fraction of sp³-hybridized carbons (Fsp3) is 0.471. The molecule has 7 heteroatoms. The maximum Gasteiger partial charge on any atom is 0.225 e. The van der Waals surface area contributed by atoms with Gasteiger partial charge in [0.15, 0.2) is 11.0 Å². The van der Waals surface area contributed by atoms with Gasteiger partial charge in [0.25, 0.3) is 0 Å². The zero-order chi connectivity index (χ0) is 17.1. The number of anilines is 1. The average molecular weight is 348 g/mol. The molecule has 128 valence electrons. The number of nitrogens with one attached hydrogen (secondary N) is 1. The number of amides is 1. The molecule has 1 aliphatic rings. The van der Waals surface area contributed by atoms with E-state index in [0.29, 0.717) is 18.2 Å². The van der Waals surface area contributed by atoms with Gasteiger partial charge in [0.1, 0.15) is 0 Å². The van der Waals surface area contributed by atoms with Gasteiger partial charge in [-0.25, -0.2) is 0 Å². The Morgan fingerprint density at radius 1 is 1.33 bits per heavy atom. The van der Waals surface area contributed by atoms with Crippen LogP contribution in [-0.4, -0.2) is 33.8 Å². The molecule has 6 nitrogen and oxygen atoms in total. The van der Waals surface area contributed by atoms with Gasteiger partial charge in [0.2, 0.25) is 5.91 Å². The molecule has 0 aromatic carbocycles. The summed E-state index contributed by atoms with van der Waals surface area (Å²) in [4.78, 5) is 14.6. The van der Waals surface area contributed by atoms with E-state index in [0.717, 1.165) is 30.9 Å². The van der Waals surface area contributed by atoms with E-state index < -0.39 is 0 Å². The van der Waals surface area contributed by atoms with Crippen LogP contribution in [0, 0.1) is 12.8 Å². The first-order chi connectivity index (χ1) is 11.5. The summed E-state index contributed by atoms with van der Waals surface area (Å²) < 4.78 is 2.09. The number of hydrogen-bond acceptors (Lipinski definition) is 4. The van der Waals surface area contributed by atoms with Crippen LogP contribution in [0.15, 0.2) is 24.3 Å². The van der Waals surface area contributed by atoms with E-state index >= 15 is 0 Å². The molecule has 1 aliphatic heterocycles. The molecule has 0 saturated carbocycles. The molecule has 2 aromatic rings. The van der Waals surface area contributed by atoms with E-state index in [1.165, 1.54) is 5.69 Å². The molecule has 0 aliphatic carbocycles. The molecule has 0 spiro atoms. The molecule has 3 rings (SSSR count). The van der Waals surface area contributed by atoms with Crippen LogP contribution in [0.4, 0.5) is 5.82 Å². The van der Waals surface area contributed by atoms with Crippen LogP contribution in [0.1, 0.15) is 24.2 Å². The highest BCUT2D eigenvalue weighted by molar-refractivity contribution is 6.29. The maximum absolute atomic E-state index is 12.5. The van der Waals surface area contributed by atoms with Crippen molar-refractivity contribution in [2.75, 3.05) is 18.0 Å². The Labute approximate surface area is 146 Å². The fourth-order valence-corrected chi connectivity index (χ4v) is 3.14. The number of aromatic nitrogens is 3. The number of halogens is 1. The molecule has 3 heterocycles. The molecule has 1 saturated heterocycles. The second-order valence-electron chi connectivity index (χ2n) is 6.24. The van der Waals surface area contributed by atoms with Gasteiger partial charge in [-0.3, -0.25) is 4.79 Å². The highest BCUT2D eigenvalue weighted by Crippen LogP contribution is 2.22. The van der Waals surface area contributed by atoms with Crippen molar-refractivity contribution in [2.24, 2.45) is 13.0 Å². The quantitative estimate of drug-likeness (QED) is 0.921. The Bertz CT molecular complexity index is 712. The van der Waals surface area contributed by atoms with Gasteiger partial charge >= 0.3 is 0 Å². The molecule has 1 amide bonds. The van der Waals surface area contributed by atoms with Crippen molar-refractivity contribution >= 4 is 23.3 Å². The van der Waals surface area contributed by atoms with E-state index in [-0.39, 0.29) is 11.8 Å². The Morgan fingerprint density at radius 3 is 2.83 bits per heavy atom. The van der Waals surface area contributed by atoms with Gasteiger partial charge in [-0.05, 0) is 44.0 Å². The predicted molar refractivity (Wildman–Crippen MR) is 94.0 cm³/mol. The standard InChI is InChI=1S/C17H22ClN5O/c1-12-5-6-14(22(12)2)10-19-17(24)13-4-3-9-23(11-13)16-8-7-15(18)20-21-16/h5-8,13H,3-4,9-11H2,1-2H3,(H,19,24)/t13-/m0/s1. The number of aryl methyl sites for hydroxylation is 1. The van der Waals surface area contributed by atoms with Crippen molar-refractivity contribution < 1.29 is 4.79 Å². The Balaban J connectivity index is 1.58. The summed E-state index contributed by atoms with van der Waals surface area (Å²) in [6, 6.07) is 7.68. The monoisotopic (exact) mass is 347 g/mol. The Hall–Kier alpha value is -2.08. The van der Waals surface area contributed by atoms with Crippen LogP contribution in [0.2, 0.25) is 5.15 Å². The van der Waals surface area contributed by atoms with E-state index in [9.17, 15) is 4.79 Å². The van der Waals surface area contributed by atoms with Crippen molar-refractivity contribution in [3.63, 3.8) is 0 Å². The van der Waals surface area contributed by atoms with Gasteiger partial charge in [-0.2, -0.15) is 0 Å². The highest BCUT2D eigenvalue weighted by atomic mass is 35.5. The fourth-order valence-electron chi connectivity index (χ4n) is 3.04. The minimum atomic E-state index is -0.0300. The first kappa shape index (κ1) is 16.8. The number of rotatable bonds is 4. The number of hydrogen-bond donors (Lipinski definition) is 1. The number of carbonyl (C=O) groups excluding carboxylic acids is 1. The molecule has 24 heavy (non-hydrogen) atoms. The van der Waals surface area contributed by atoms with Gasteiger partial charge in [0, 0.05) is 31.5 Å². The minimum absolute atomic E-state index is 0.0300. The maximum atomic E-state index is 12.5. The van der Waals surface area contributed by atoms with Gasteiger partial charge in [0.05, 0.1) is 12.5 Å². The van der Waals surface area contributed by atoms with Crippen molar-refractivity contribution in [3.05, 3.63) is 40.8 Å². The zero-order valence-corrected chi connectivity index (χ0v) is 14.8. The summed E-state index contributed by atoms with van der Waals surface area (Å²) in [7, 11) is 2.01. The van der Waals surface area contributed by atoms with Gasteiger partial charge in [-0.15, -0.1) is 10.2 Å². The number of carbonyl (C=O) groups is 1. The Morgan fingerprint density at radius 2 is 2.17 bits per heavy atom. The Kier molecular flexibility index (Phi) is 5.04. The lowest BCUT2D eigenvalue weighted by atomic mass is 9.97. The van der Waals surface area contributed by atoms with E-state index in [4.69, 9.17) is 11.6 Å². The minimum Gasteiger partial charge on any atom is -0.354 e. The lowest BCUT2D eigenvalue weighted by Crippen LogP contribution is -2.43.